The van der Waals surface area contributed by atoms with Gasteiger partial charge in [-0.2, -0.15) is 0 Å². The minimum atomic E-state index is -1.93. The number of anilines is 1. The third-order valence-corrected chi connectivity index (χ3v) is 20.8. The number of aliphatic hydroxyl groups is 8. The Morgan fingerprint density at radius 1 is 0.695 bits per heavy atom. The van der Waals surface area contributed by atoms with E-state index in [2.05, 4.69) is 12.2 Å². The zero-order valence-electron chi connectivity index (χ0n) is 49.1. The van der Waals surface area contributed by atoms with Crippen molar-refractivity contribution in [3.63, 3.8) is 0 Å². The van der Waals surface area contributed by atoms with Crippen molar-refractivity contribution in [2.24, 2.45) is 22.7 Å². The number of carbonyl (C=O) groups is 2. The van der Waals surface area contributed by atoms with Gasteiger partial charge >= 0.3 is 11.9 Å². The van der Waals surface area contributed by atoms with Gasteiger partial charge in [-0.15, -0.1) is 0 Å². The van der Waals surface area contributed by atoms with Crippen molar-refractivity contribution in [3.05, 3.63) is 29.8 Å². The lowest BCUT2D eigenvalue weighted by molar-refractivity contribution is -0.373. The van der Waals surface area contributed by atoms with Crippen LogP contribution in [0.1, 0.15) is 123 Å². The lowest BCUT2D eigenvalue weighted by Gasteiger charge is -2.69. The van der Waals surface area contributed by atoms with Crippen LogP contribution in [0.2, 0.25) is 0 Å². The molecule has 8 aliphatic rings. The zero-order chi connectivity index (χ0) is 59.6. The van der Waals surface area contributed by atoms with Crippen LogP contribution in [-0.2, 0) is 66.4 Å². The number of esters is 2. The molecule has 0 aromatic heterocycles. The normalized spacial score (nSPS) is 48.9. The summed E-state index contributed by atoms with van der Waals surface area (Å²) in [5.74, 6) is -1.74. The van der Waals surface area contributed by atoms with Crippen LogP contribution in [0, 0.1) is 22.7 Å². The number of carbonyl (C=O) groups excluding carboxylic acids is 2. The molecule has 9 rings (SSSR count). The number of hydrogen-bond acceptors (Lipinski definition) is 24. The van der Waals surface area contributed by atoms with Crippen molar-refractivity contribution in [2.45, 2.75) is 258 Å². The Morgan fingerprint density at radius 2 is 1.30 bits per heavy atom. The van der Waals surface area contributed by atoms with Gasteiger partial charge < -0.3 is 108 Å². The topological polar surface area (TPSA) is 328 Å². The van der Waals surface area contributed by atoms with E-state index in [9.17, 15) is 50.4 Å². The maximum absolute atomic E-state index is 13.7. The van der Waals surface area contributed by atoms with E-state index < -0.39 is 175 Å². The molecule has 0 spiro atoms. The minimum absolute atomic E-state index is 0.0151. The van der Waals surface area contributed by atoms with Crippen molar-refractivity contribution < 1.29 is 112 Å². The molecule has 0 unspecified atom stereocenters. The summed E-state index contributed by atoms with van der Waals surface area (Å²) in [6.07, 6.45) is -17.3. The number of nitrogens with one attached hydrogen (secondary N) is 1. The average molecular weight is 1170 g/mol. The van der Waals surface area contributed by atoms with Gasteiger partial charge in [0.1, 0.15) is 78.3 Å². The first-order chi connectivity index (χ1) is 38.8. The van der Waals surface area contributed by atoms with Crippen LogP contribution in [0.25, 0.3) is 0 Å². The van der Waals surface area contributed by atoms with Crippen molar-refractivity contribution in [3.8, 4) is 0 Å². The molecule has 4 aliphatic heterocycles. The molecule has 8 fully saturated rings. The molecule has 466 valence electrons. The maximum atomic E-state index is 13.7. The lowest BCUT2D eigenvalue weighted by atomic mass is 9.40. The smallest absolute Gasteiger partial charge is 0.340 e. The van der Waals surface area contributed by atoms with E-state index in [1.54, 1.807) is 66.1 Å². The van der Waals surface area contributed by atoms with Gasteiger partial charge in [0.05, 0.1) is 59.8 Å². The molecule has 24 nitrogen and oxygen atoms in total. The van der Waals surface area contributed by atoms with Gasteiger partial charge in [-0.05, 0) is 108 Å². The van der Waals surface area contributed by atoms with Gasteiger partial charge in [-0.3, -0.25) is 4.79 Å². The van der Waals surface area contributed by atoms with E-state index in [-0.39, 0.29) is 49.7 Å². The van der Waals surface area contributed by atoms with Gasteiger partial charge in [0.15, 0.2) is 25.2 Å². The van der Waals surface area contributed by atoms with Crippen molar-refractivity contribution in [1.29, 1.82) is 0 Å². The number of aliphatic hydroxyl groups excluding tert-OH is 5. The third-order valence-electron chi connectivity index (χ3n) is 20.8. The van der Waals surface area contributed by atoms with E-state index in [1.807, 2.05) is 6.92 Å². The molecule has 82 heavy (non-hydrogen) atoms. The first kappa shape index (κ1) is 63.7. The van der Waals surface area contributed by atoms with E-state index in [0.717, 1.165) is 0 Å². The summed E-state index contributed by atoms with van der Waals surface area (Å²) >= 11 is 0. The Kier molecular flexibility index (Phi) is 19.2. The minimum Gasteiger partial charge on any atom is -0.462 e. The Labute approximate surface area is 479 Å². The summed E-state index contributed by atoms with van der Waals surface area (Å²) in [5, 5.41) is 94.7. The van der Waals surface area contributed by atoms with Gasteiger partial charge in [-0.1, -0.05) is 26.0 Å². The summed E-state index contributed by atoms with van der Waals surface area (Å²) in [5.41, 5.74) is -6.87. The average Bonchev–Trinajstić information content (AvgIpc) is 2.26. The maximum Gasteiger partial charge on any atom is 0.340 e. The first-order valence-electron chi connectivity index (χ1n) is 29.2. The second kappa shape index (κ2) is 24.8. The highest BCUT2D eigenvalue weighted by atomic mass is 16.8. The summed E-state index contributed by atoms with van der Waals surface area (Å²) in [7, 11) is 6.19. The van der Waals surface area contributed by atoms with Gasteiger partial charge in [0.25, 0.3) is 0 Å². The predicted octanol–water partition coefficient (Wildman–Crippen LogP) is 1.58. The summed E-state index contributed by atoms with van der Waals surface area (Å²) in [6, 6.07) is 6.86. The molecule has 0 amide bonds. The van der Waals surface area contributed by atoms with Crippen molar-refractivity contribution in [2.75, 3.05) is 40.3 Å². The molecule has 24 heteroatoms. The number of fused-ring (bicyclic) bond motifs is 5. The quantitative estimate of drug-likeness (QED) is 0.0790. The van der Waals surface area contributed by atoms with E-state index in [4.69, 9.17) is 61.6 Å². The van der Waals surface area contributed by atoms with Crippen LogP contribution in [0.3, 0.4) is 0 Å². The molecule has 4 saturated carbocycles. The van der Waals surface area contributed by atoms with Crippen LogP contribution < -0.4 is 5.32 Å². The molecule has 4 aliphatic carbocycles. The fraction of sp³-hybridized carbons (Fsp3) is 0.862. The summed E-state index contributed by atoms with van der Waals surface area (Å²) in [4.78, 5) is 26.6. The molecular formula is C58H91NO23. The Hall–Kier alpha value is -2.80. The molecule has 0 bridgehead atoms. The number of rotatable bonds is 17. The third kappa shape index (κ3) is 11.0. The second-order valence-corrected chi connectivity index (χ2v) is 24.9. The first-order valence-corrected chi connectivity index (χ1v) is 29.2. The Morgan fingerprint density at radius 3 is 1.93 bits per heavy atom. The number of methoxy groups -OCH3 is 3. The molecule has 9 N–H and O–H groups in total. The molecule has 4 heterocycles. The highest BCUT2D eigenvalue weighted by Crippen LogP contribution is 2.72. The van der Waals surface area contributed by atoms with Crippen LogP contribution in [0.15, 0.2) is 24.3 Å². The number of benzene rings is 1. The summed E-state index contributed by atoms with van der Waals surface area (Å²) < 4.78 is 80.2. The molecular weight excluding hydrogens is 1080 g/mol. The van der Waals surface area contributed by atoms with Gasteiger partial charge in [-0.25, -0.2) is 4.79 Å². The lowest BCUT2D eigenvalue weighted by Crippen LogP contribution is -2.79. The second-order valence-electron chi connectivity index (χ2n) is 24.9. The van der Waals surface area contributed by atoms with Crippen LogP contribution in [0.5, 0.6) is 0 Å². The van der Waals surface area contributed by atoms with E-state index in [1.165, 1.54) is 21.1 Å². The number of hydrogen-bond donors (Lipinski definition) is 9. The fourth-order valence-electron chi connectivity index (χ4n) is 16.1. The zero-order valence-corrected chi connectivity index (χ0v) is 49.1. The van der Waals surface area contributed by atoms with Crippen LogP contribution >= 0.6 is 0 Å². The monoisotopic (exact) mass is 1170 g/mol. The predicted molar refractivity (Wildman–Crippen MR) is 285 cm³/mol. The van der Waals surface area contributed by atoms with Crippen molar-refractivity contribution >= 4 is 17.6 Å². The highest BCUT2D eigenvalue weighted by molar-refractivity contribution is 5.95. The van der Waals surface area contributed by atoms with Crippen LogP contribution in [0.4, 0.5) is 5.69 Å². The number of ether oxygens (including phenoxy) is 13. The Bertz CT molecular complexity index is 2360. The molecule has 1 aromatic carbocycles. The standard InChI is InChI=1S/C58H91NO23/c1-27-47(80-42-24-37(71-10)48(28(2)74-42)81-53-46(65)50(72-11)49(29(3)75-53)82-52-45(64)44(63)43(62)38(26-60)79-52)36(70-9)23-41(73-27)78-33-17-18-54(6)32(22-33)16-19-57(68)39(54)25-40(77-31(5)61)55(7)56(67,20-21-58(55,57)69)30(4)76-51(66)34-14-12-13-15-35(34)59-8/h12-15,27-30,32-33,36-50,52-53,59-60,62-65,67-69H,16-26H2,1-11H3/t27-,28-,29-,30+,32+,33+,36+,37+,38-,39-,40-,41+,42+,43-,44+,45-,46-,47-,48-,49-,50+,52+,53+,54+,55-,56-,57+,58-/m1/s1. The molecule has 0 radical (unpaired) electrons. The van der Waals surface area contributed by atoms with E-state index >= 15 is 0 Å². The highest BCUT2D eigenvalue weighted by Gasteiger charge is 2.82. The SMILES string of the molecule is CNc1ccccc1C(=O)O[C@@H](C)[C@]1(O)CC[C@@]2(O)[C@]1(C)[C@H](OC(C)=O)C[C@@H]1[C@@]3(C)CC[C@H](O[C@H]4C[C@H](OC)[C@H](O[C@H]5C[C@H](OC)[C@H](O[C@@H]6O[C@H](C)[C@@H](O[C@@H]7O[C@H](CO)[C@@H](O)[C@H](O)[C@H]7O)[C@@H](OC)[C@H]6O)[C@@H](C)O5)[C@@H](C)O4)C[C@@H]3CC[C@]12O. The number of para-hydroxylation sites is 1. The molecule has 4 saturated heterocycles. The van der Waals surface area contributed by atoms with Crippen molar-refractivity contribution in [1.82, 2.24) is 0 Å². The van der Waals surface area contributed by atoms with Gasteiger partial charge in [0.2, 0.25) is 0 Å². The van der Waals surface area contributed by atoms with E-state index in [0.29, 0.717) is 37.8 Å². The summed E-state index contributed by atoms with van der Waals surface area (Å²) in [6.45, 7) is 11.4. The largest absolute Gasteiger partial charge is 0.462 e. The van der Waals surface area contributed by atoms with Gasteiger partial charge in [0, 0.05) is 53.8 Å². The molecule has 28 atom stereocenters. The fourth-order valence-corrected chi connectivity index (χ4v) is 16.1. The van der Waals surface area contributed by atoms with Crippen LogP contribution in [-0.4, -0.2) is 234 Å². The molecule has 1 aromatic rings. The Balaban J connectivity index is 0.805.